The Kier molecular flexibility index (Phi) is 5.04. The van der Waals surface area contributed by atoms with Gasteiger partial charge in [0.05, 0.1) is 11.9 Å². The molecule has 1 atom stereocenters. The van der Waals surface area contributed by atoms with Gasteiger partial charge in [0.15, 0.2) is 0 Å². The summed E-state index contributed by atoms with van der Waals surface area (Å²) in [5, 5.41) is 0. The van der Waals surface area contributed by atoms with Gasteiger partial charge in [-0.1, -0.05) is 12.8 Å². The second-order valence-electron chi connectivity index (χ2n) is 5.70. The van der Waals surface area contributed by atoms with Crippen molar-refractivity contribution in [2.24, 2.45) is 0 Å². The number of rotatable bonds is 6. The average Bonchev–Trinajstić information content (AvgIpc) is 2.95. The molecule has 2 aliphatic rings. The summed E-state index contributed by atoms with van der Waals surface area (Å²) in [5.74, 6) is 0.274. The quantitative estimate of drug-likeness (QED) is 0.736. The van der Waals surface area contributed by atoms with E-state index in [0.29, 0.717) is 18.7 Å². The van der Waals surface area contributed by atoms with Gasteiger partial charge < -0.3 is 4.74 Å². The molecule has 0 amide bonds. The highest BCUT2D eigenvalue weighted by Gasteiger charge is 2.27. The average molecular weight is 275 g/mol. The Morgan fingerprint density at radius 3 is 2.44 bits per heavy atom. The van der Waals surface area contributed by atoms with Gasteiger partial charge in [-0.3, -0.25) is 4.90 Å². The highest BCUT2D eigenvalue weighted by Crippen LogP contribution is 2.25. The van der Waals surface area contributed by atoms with Crippen LogP contribution in [0, 0.1) is 0 Å². The van der Waals surface area contributed by atoms with Gasteiger partial charge in [-0.15, -0.1) is 0 Å². The molecular weight excluding hydrogens is 250 g/mol. The summed E-state index contributed by atoms with van der Waals surface area (Å²) in [6.45, 7) is 2.46. The van der Waals surface area contributed by atoms with E-state index >= 15 is 0 Å². The minimum absolute atomic E-state index is 0.274. The Morgan fingerprint density at radius 2 is 1.89 bits per heavy atom. The van der Waals surface area contributed by atoms with Crippen molar-refractivity contribution in [2.75, 3.05) is 31.7 Å². The van der Waals surface area contributed by atoms with E-state index in [1.165, 1.54) is 31.9 Å². The van der Waals surface area contributed by atoms with Crippen LogP contribution in [0.3, 0.4) is 0 Å². The fourth-order valence-electron chi connectivity index (χ4n) is 3.03. The zero-order valence-corrected chi connectivity index (χ0v) is 12.1. The molecule has 0 unspecified atom stereocenters. The van der Waals surface area contributed by atoms with Crippen molar-refractivity contribution in [1.29, 1.82) is 0 Å². The van der Waals surface area contributed by atoms with Crippen LogP contribution in [-0.4, -0.2) is 57.2 Å². The monoisotopic (exact) mass is 275 g/mol. The van der Waals surface area contributed by atoms with E-state index in [2.05, 4.69) is 4.90 Å². The highest BCUT2D eigenvalue weighted by atomic mass is 32.2. The maximum absolute atomic E-state index is 11.3. The van der Waals surface area contributed by atoms with E-state index in [1.54, 1.807) is 0 Å². The lowest BCUT2D eigenvalue weighted by atomic mass is 10.1. The maximum atomic E-state index is 11.3. The summed E-state index contributed by atoms with van der Waals surface area (Å²) < 4.78 is 28.3. The van der Waals surface area contributed by atoms with Crippen LogP contribution < -0.4 is 0 Å². The second-order valence-corrected chi connectivity index (χ2v) is 7.96. The maximum Gasteiger partial charge on any atom is 0.148 e. The molecule has 0 bridgehead atoms. The molecule has 1 heterocycles. The molecule has 18 heavy (non-hydrogen) atoms. The Morgan fingerprint density at radius 1 is 1.17 bits per heavy atom. The van der Waals surface area contributed by atoms with Crippen molar-refractivity contribution in [3.63, 3.8) is 0 Å². The van der Waals surface area contributed by atoms with E-state index in [4.69, 9.17) is 4.74 Å². The van der Waals surface area contributed by atoms with Crippen LogP contribution in [0.2, 0.25) is 0 Å². The Labute approximate surface area is 111 Å². The summed E-state index contributed by atoms with van der Waals surface area (Å²) in [5.41, 5.74) is 0. The molecule has 2 rings (SSSR count). The fourth-order valence-corrected chi connectivity index (χ4v) is 3.59. The largest absolute Gasteiger partial charge is 0.377 e. The third kappa shape index (κ3) is 4.52. The molecule has 0 aromatic heterocycles. The lowest BCUT2D eigenvalue weighted by Gasteiger charge is -2.30. The first-order valence-electron chi connectivity index (χ1n) is 7.08. The van der Waals surface area contributed by atoms with Crippen LogP contribution in [0.5, 0.6) is 0 Å². The van der Waals surface area contributed by atoms with Gasteiger partial charge in [0, 0.05) is 32.0 Å². The van der Waals surface area contributed by atoms with Crippen molar-refractivity contribution in [2.45, 2.75) is 50.7 Å². The zero-order chi connectivity index (χ0) is 13.0. The molecule has 1 aliphatic carbocycles. The Bertz CT molecular complexity index is 343. The summed E-state index contributed by atoms with van der Waals surface area (Å²) in [6.07, 6.45) is 8.93. The van der Waals surface area contributed by atoms with Gasteiger partial charge in [0.2, 0.25) is 0 Å². The normalized spacial score (nSPS) is 26.2. The third-order valence-electron chi connectivity index (χ3n) is 4.05. The molecule has 1 saturated carbocycles. The summed E-state index contributed by atoms with van der Waals surface area (Å²) >= 11 is 0. The molecule has 0 aromatic carbocycles. The zero-order valence-electron chi connectivity index (χ0n) is 11.3. The van der Waals surface area contributed by atoms with Crippen molar-refractivity contribution in [3.05, 3.63) is 0 Å². The predicted octanol–water partition coefficient (Wildman–Crippen LogP) is 1.45. The standard InChI is InChI=1S/C13H25NO3S/c1-18(15,16)10-8-14(12-5-2-3-6-12)11-13-7-4-9-17-13/h12-13H,2-11H2,1H3/t13-/m0/s1. The molecule has 0 radical (unpaired) electrons. The smallest absolute Gasteiger partial charge is 0.148 e. The van der Waals surface area contributed by atoms with Crippen LogP contribution in [0.15, 0.2) is 0 Å². The molecular formula is C13H25NO3S. The molecule has 0 N–H and O–H groups in total. The van der Waals surface area contributed by atoms with Crippen molar-refractivity contribution in [3.8, 4) is 0 Å². The van der Waals surface area contributed by atoms with Crippen molar-refractivity contribution < 1.29 is 13.2 Å². The first kappa shape index (κ1) is 14.3. The lowest BCUT2D eigenvalue weighted by Crippen LogP contribution is -2.41. The van der Waals surface area contributed by atoms with Gasteiger partial charge in [-0.2, -0.15) is 0 Å². The van der Waals surface area contributed by atoms with Crippen LogP contribution in [0.25, 0.3) is 0 Å². The van der Waals surface area contributed by atoms with Crippen LogP contribution in [-0.2, 0) is 14.6 Å². The van der Waals surface area contributed by atoms with Gasteiger partial charge >= 0.3 is 0 Å². The van der Waals surface area contributed by atoms with E-state index < -0.39 is 9.84 Å². The number of hydrogen-bond donors (Lipinski definition) is 0. The molecule has 106 valence electrons. The predicted molar refractivity (Wildman–Crippen MR) is 72.5 cm³/mol. The Balaban J connectivity index is 1.88. The molecule has 2 fully saturated rings. The van der Waals surface area contributed by atoms with E-state index in [9.17, 15) is 8.42 Å². The summed E-state index contributed by atoms with van der Waals surface area (Å²) in [7, 11) is -2.86. The van der Waals surface area contributed by atoms with E-state index in [-0.39, 0.29) is 5.75 Å². The second kappa shape index (κ2) is 6.35. The molecule has 1 saturated heterocycles. The number of nitrogens with zero attached hydrogens (tertiary/aromatic N) is 1. The lowest BCUT2D eigenvalue weighted by molar-refractivity contribution is 0.0603. The minimum atomic E-state index is -2.86. The van der Waals surface area contributed by atoms with Crippen molar-refractivity contribution in [1.82, 2.24) is 4.90 Å². The van der Waals surface area contributed by atoms with Crippen LogP contribution in [0.4, 0.5) is 0 Å². The van der Waals surface area contributed by atoms with Crippen LogP contribution in [0.1, 0.15) is 38.5 Å². The summed E-state index contributed by atoms with van der Waals surface area (Å²) in [4.78, 5) is 2.37. The molecule has 0 spiro atoms. The van der Waals surface area contributed by atoms with Crippen LogP contribution >= 0.6 is 0 Å². The topological polar surface area (TPSA) is 46.6 Å². The molecule has 1 aliphatic heterocycles. The first-order valence-corrected chi connectivity index (χ1v) is 9.14. The van der Waals surface area contributed by atoms with Crippen molar-refractivity contribution >= 4 is 9.84 Å². The minimum Gasteiger partial charge on any atom is -0.377 e. The third-order valence-corrected chi connectivity index (χ3v) is 4.98. The number of hydrogen-bond acceptors (Lipinski definition) is 4. The molecule has 0 aromatic rings. The van der Waals surface area contributed by atoms with Gasteiger partial charge in [0.25, 0.3) is 0 Å². The molecule has 4 nitrogen and oxygen atoms in total. The fraction of sp³-hybridized carbons (Fsp3) is 1.00. The highest BCUT2D eigenvalue weighted by molar-refractivity contribution is 7.90. The molecule has 5 heteroatoms. The number of sulfone groups is 1. The first-order chi connectivity index (χ1) is 8.54. The van der Waals surface area contributed by atoms with Gasteiger partial charge in [-0.05, 0) is 25.7 Å². The summed E-state index contributed by atoms with van der Waals surface area (Å²) in [6, 6.07) is 0.580. The van der Waals surface area contributed by atoms with Gasteiger partial charge in [-0.25, -0.2) is 8.42 Å². The Hall–Kier alpha value is -0.130. The number of ether oxygens (including phenoxy) is 1. The van der Waals surface area contributed by atoms with E-state index in [1.807, 2.05) is 0 Å². The van der Waals surface area contributed by atoms with Gasteiger partial charge in [0.1, 0.15) is 9.84 Å². The van der Waals surface area contributed by atoms with E-state index in [0.717, 1.165) is 26.0 Å². The SMILES string of the molecule is CS(=O)(=O)CCN(C[C@@H]1CCCO1)C1CCCC1.